The average molecular weight is 394 g/mol. The fourth-order valence-electron chi connectivity index (χ4n) is 2.73. The number of carbonyl (C=O) groups excluding carboxylic acids is 1. The molecule has 1 N–H and O–H groups in total. The molecule has 0 saturated heterocycles. The van der Waals surface area contributed by atoms with Crippen molar-refractivity contribution in [3.63, 3.8) is 0 Å². The van der Waals surface area contributed by atoms with Gasteiger partial charge in [0.25, 0.3) is 5.91 Å². The maximum atomic E-state index is 12.5. The first-order valence-electron chi connectivity index (χ1n) is 8.52. The molecule has 4 rings (SSSR count). The smallest absolute Gasteiger partial charge is 0.251 e. The molecular formula is C20H16ClN5O2. The molecule has 0 atom stereocenters. The van der Waals surface area contributed by atoms with Gasteiger partial charge in [-0.05, 0) is 42.0 Å². The van der Waals surface area contributed by atoms with Crippen molar-refractivity contribution in [3.05, 3.63) is 77.3 Å². The molecule has 4 aromatic rings. The molecule has 0 fully saturated rings. The minimum Gasteiger partial charge on any atom is -0.456 e. The van der Waals surface area contributed by atoms with Gasteiger partial charge in [-0.25, -0.2) is 4.98 Å². The summed E-state index contributed by atoms with van der Waals surface area (Å²) in [5, 5.41) is 8.31. The lowest BCUT2D eigenvalue weighted by Gasteiger charge is -2.10. The van der Waals surface area contributed by atoms with Gasteiger partial charge in [-0.2, -0.15) is 5.10 Å². The van der Waals surface area contributed by atoms with Gasteiger partial charge in [-0.15, -0.1) is 0 Å². The summed E-state index contributed by atoms with van der Waals surface area (Å²) in [4.78, 5) is 20.8. The van der Waals surface area contributed by atoms with Gasteiger partial charge in [0.15, 0.2) is 5.65 Å². The Morgan fingerprint density at radius 3 is 2.79 bits per heavy atom. The van der Waals surface area contributed by atoms with Crippen LogP contribution in [0.4, 0.5) is 0 Å². The molecule has 0 aliphatic heterocycles. The van der Waals surface area contributed by atoms with Crippen LogP contribution in [0.2, 0.25) is 5.02 Å². The van der Waals surface area contributed by atoms with Gasteiger partial charge in [0, 0.05) is 43.1 Å². The highest BCUT2D eigenvalue weighted by atomic mass is 35.5. The van der Waals surface area contributed by atoms with E-state index >= 15 is 0 Å². The second kappa shape index (κ2) is 7.66. The number of aryl methyl sites for hydroxylation is 1. The third-order valence-corrected chi connectivity index (χ3v) is 4.45. The highest BCUT2D eigenvalue weighted by Gasteiger charge is 2.11. The molecule has 0 bridgehead atoms. The van der Waals surface area contributed by atoms with E-state index in [9.17, 15) is 4.79 Å². The highest BCUT2D eigenvalue weighted by Crippen LogP contribution is 2.29. The van der Waals surface area contributed by atoms with E-state index in [0.717, 1.165) is 16.6 Å². The van der Waals surface area contributed by atoms with E-state index in [2.05, 4.69) is 20.4 Å². The first kappa shape index (κ1) is 17.9. The predicted octanol–water partition coefficient (Wildman–Crippen LogP) is 3.74. The Morgan fingerprint density at radius 2 is 2.00 bits per heavy atom. The number of carbonyl (C=O) groups is 1. The molecule has 140 valence electrons. The van der Waals surface area contributed by atoms with E-state index in [-0.39, 0.29) is 5.91 Å². The number of halogens is 1. The van der Waals surface area contributed by atoms with Crippen molar-refractivity contribution < 1.29 is 9.53 Å². The van der Waals surface area contributed by atoms with Crippen LogP contribution in [0.15, 0.2) is 61.2 Å². The minimum atomic E-state index is -0.233. The Morgan fingerprint density at radius 1 is 1.18 bits per heavy atom. The van der Waals surface area contributed by atoms with Gasteiger partial charge in [0.1, 0.15) is 11.5 Å². The molecular weight excluding hydrogens is 378 g/mol. The molecule has 0 unspecified atom stereocenters. The third-order valence-electron chi connectivity index (χ3n) is 4.15. The molecule has 1 amide bonds. The first-order valence-corrected chi connectivity index (χ1v) is 8.90. The van der Waals surface area contributed by atoms with Crippen LogP contribution in [-0.4, -0.2) is 25.7 Å². The van der Waals surface area contributed by atoms with Crippen LogP contribution < -0.4 is 10.1 Å². The molecule has 7 nitrogen and oxygen atoms in total. The minimum absolute atomic E-state index is 0.233. The average Bonchev–Trinajstić information content (AvgIpc) is 3.09. The predicted molar refractivity (Wildman–Crippen MR) is 105 cm³/mol. The van der Waals surface area contributed by atoms with Gasteiger partial charge >= 0.3 is 0 Å². The van der Waals surface area contributed by atoms with Gasteiger partial charge in [0.2, 0.25) is 0 Å². The largest absolute Gasteiger partial charge is 0.456 e. The number of ether oxygens (including phenoxy) is 1. The normalized spacial score (nSPS) is 10.8. The Balaban J connectivity index is 1.43. The van der Waals surface area contributed by atoms with Crippen LogP contribution >= 0.6 is 11.6 Å². The van der Waals surface area contributed by atoms with Crippen LogP contribution in [0.25, 0.3) is 11.0 Å². The number of amides is 1. The van der Waals surface area contributed by atoms with Crippen molar-refractivity contribution in [1.82, 2.24) is 25.1 Å². The van der Waals surface area contributed by atoms with Crippen molar-refractivity contribution in [3.8, 4) is 11.5 Å². The van der Waals surface area contributed by atoms with E-state index < -0.39 is 0 Å². The highest BCUT2D eigenvalue weighted by molar-refractivity contribution is 6.32. The molecule has 28 heavy (non-hydrogen) atoms. The first-order chi connectivity index (χ1) is 13.6. The molecule has 0 aliphatic rings. The summed E-state index contributed by atoms with van der Waals surface area (Å²) in [7, 11) is 1.84. The number of aromatic nitrogens is 4. The number of pyridine rings is 2. The van der Waals surface area contributed by atoms with Crippen molar-refractivity contribution >= 4 is 28.5 Å². The van der Waals surface area contributed by atoms with E-state index in [1.54, 1.807) is 59.8 Å². The maximum Gasteiger partial charge on any atom is 0.251 e. The Kier molecular flexibility index (Phi) is 4.90. The maximum absolute atomic E-state index is 12.5. The molecule has 1 aromatic carbocycles. The van der Waals surface area contributed by atoms with E-state index in [1.165, 1.54) is 0 Å². The van der Waals surface area contributed by atoms with E-state index in [0.29, 0.717) is 28.6 Å². The number of hydrogen-bond donors (Lipinski definition) is 1. The van der Waals surface area contributed by atoms with Gasteiger partial charge in [-0.1, -0.05) is 11.6 Å². The third kappa shape index (κ3) is 3.79. The lowest BCUT2D eigenvalue weighted by atomic mass is 10.2. The van der Waals surface area contributed by atoms with Crippen molar-refractivity contribution in [1.29, 1.82) is 0 Å². The number of nitrogens with zero attached hydrogens (tertiary/aromatic N) is 4. The summed E-state index contributed by atoms with van der Waals surface area (Å²) in [5.41, 5.74) is 2.13. The summed E-state index contributed by atoms with van der Waals surface area (Å²) in [6, 6.07) is 10.3. The Hall–Kier alpha value is -3.45. The van der Waals surface area contributed by atoms with E-state index in [4.69, 9.17) is 16.3 Å². The number of hydrogen-bond acceptors (Lipinski definition) is 5. The van der Waals surface area contributed by atoms with Crippen LogP contribution in [-0.2, 0) is 13.6 Å². The fourth-order valence-corrected chi connectivity index (χ4v) is 2.95. The van der Waals surface area contributed by atoms with Crippen LogP contribution in [0.1, 0.15) is 15.9 Å². The standard InChI is InChI=1S/C20H16ClN5O2/c1-26-19-15(12-25-26)8-13(10-23-19)11-24-20(27)14-2-3-18(17(21)9-14)28-16-4-6-22-7-5-16/h2-10,12H,11H2,1H3,(H,24,27). The molecule has 3 aromatic heterocycles. The molecule has 0 aliphatic carbocycles. The molecule has 0 saturated carbocycles. The van der Waals surface area contributed by atoms with Gasteiger partial charge in [-0.3, -0.25) is 14.5 Å². The van der Waals surface area contributed by atoms with Crippen LogP contribution in [0, 0.1) is 0 Å². The SMILES string of the molecule is Cn1ncc2cc(CNC(=O)c3ccc(Oc4ccncc4)c(Cl)c3)cnc21. The van der Waals surface area contributed by atoms with Gasteiger partial charge < -0.3 is 10.1 Å². The molecule has 0 radical (unpaired) electrons. The molecule has 3 heterocycles. The van der Waals surface area contributed by atoms with E-state index in [1.807, 2.05) is 13.1 Å². The van der Waals surface area contributed by atoms with Crippen LogP contribution in [0.3, 0.4) is 0 Å². The number of fused-ring (bicyclic) bond motifs is 1. The summed E-state index contributed by atoms with van der Waals surface area (Å²) in [5.74, 6) is 0.853. The molecule has 0 spiro atoms. The monoisotopic (exact) mass is 393 g/mol. The summed E-state index contributed by atoms with van der Waals surface area (Å²) < 4.78 is 7.40. The Bertz CT molecular complexity index is 1140. The second-order valence-corrected chi connectivity index (χ2v) is 6.54. The van der Waals surface area contributed by atoms with Crippen molar-refractivity contribution in [2.75, 3.05) is 0 Å². The number of rotatable bonds is 5. The topological polar surface area (TPSA) is 81.9 Å². The summed E-state index contributed by atoms with van der Waals surface area (Å²) in [6.07, 6.45) is 6.73. The van der Waals surface area contributed by atoms with Crippen molar-refractivity contribution in [2.45, 2.75) is 6.54 Å². The summed E-state index contributed by atoms with van der Waals surface area (Å²) >= 11 is 6.27. The van der Waals surface area contributed by atoms with Gasteiger partial charge in [0.05, 0.1) is 11.2 Å². The summed E-state index contributed by atoms with van der Waals surface area (Å²) in [6.45, 7) is 0.351. The van der Waals surface area contributed by atoms with Crippen LogP contribution in [0.5, 0.6) is 11.5 Å². The zero-order chi connectivity index (χ0) is 19.5. The number of nitrogens with one attached hydrogen (secondary N) is 1. The zero-order valence-corrected chi connectivity index (χ0v) is 15.7. The quantitative estimate of drug-likeness (QED) is 0.558. The molecule has 8 heteroatoms. The van der Waals surface area contributed by atoms with Crippen molar-refractivity contribution in [2.24, 2.45) is 7.05 Å². The second-order valence-electron chi connectivity index (χ2n) is 6.14. The Labute approximate surface area is 165 Å². The fraction of sp³-hybridized carbons (Fsp3) is 0.100. The number of benzene rings is 1. The zero-order valence-electron chi connectivity index (χ0n) is 15.0. The lowest BCUT2D eigenvalue weighted by molar-refractivity contribution is 0.0951. The lowest BCUT2D eigenvalue weighted by Crippen LogP contribution is -2.22.